The molecule has 0 aromatic carbocycles. The molecule has 1 atom stereocenters. The molecule has 11 heavy (non-hydrogen) atoms. The number of hydrogen-bond acceptors (Lipinski definition) is 2. The Bertz CT molecular complexity index is 259. The zero-order valence-electron chi connectivity index (χ0n) is 6.16. The summed E-state index contributed by atoms with van der Waals surface area (Å²) in [5.41, 5.74) is 2.30. The van der Waals surface area contributed by atoms with Crippen LogP contribution in [0.5, 0.6) is 0 Å². The number of rotatable bonds is 1. The predicted molar refractivity (Wildman–Crippen MR) is 41.9 cm³/mol. The topological polar surface area (TPSA) is 33.4 Å². The molecular formula is C9H10O2. The Balaban J connectivity index is 2.25. The second-order valence-electron chi connectivity index (χ2n) is 2.81. The Morgan fingerprint density at radius 3 is 3.00 bits per heavy atom. The van der Waals surface area contributed by atoms with E-state index in [1.54, 1.807) is 12.5 Å². The zero-order chi connectivity index (χ0) is 7.68. The van der Waals surface area contributed by atoms with Gasteiger partial charge in [0.2, 0.25) is 0 Å². The van der Waals surface area contributed by atoms with Crippen LogP contribution in [0.3, 0.4) is 0 Å². The fourth-order valence-electron chi connectivity index (χ4n) is 1.39. The maximum Gasteiger partial charge on any atom is 0.0977 e. The monoisotopic (exact) mass is 150 g/mol. The third-order valence-electron chi connectivity index (χ3n) is 1.99. The van der Waals surface area contributed by atoms with Crippen molar-refractivity contribution in [1.82, 2.24) is 0 Å². The number of allylic oxidation sites excluding steroid dienone is 1. The molecular weight excluding hydrogens is 140 g/mol. The van der Waals surface area contributed by atoms with Crippen LogP contribution < -0.4 is 0 Å². The quantitative estimate of drug-likeness (QED) is 0.662. The Labute approximate surface area is 65.1 Å². The predicted octanol–water partition coefficient (Wildman–Crippen LogP) is 1.82. The maximum atomic E-state index is 9.19. The van der Waals surface area contributed by atoms with Crippen molar-refractivity contribution >= 4 is 5.57 Å². The van der Waals surface area contributed by atoms with Gasteiger partial charge in [-0.15, -0.1) is 0 Å². The van der Waals surface area contributed by atoms with Crippen LogP contribution in [-0.2, 0) is 0 Å². The van der Waals surface area contributed by atoms with Gasteiger partial charge in [0.15, 0.2) is 0 Å². The Morgan fingerprint density at radius 2 is 2.45 bits per heavy atom. The number of aliphatic hydroxyl groups excluding tert-OH is 1. The van der Waals surface area contributed by atoms with Crippen LogP contribution in [0.1, 0.15) is 18.4 Å². The molecule has 1 aliphatic carbocycles. The molecule has 0 aliphatic heterocycles. The first kappa shape index (κ1) is 6.68. The summed E-state index contributed by atoms with van der Waals surface area (Å²) >= 11 is 0. The van der Waals surface area contributed by atoms with Crippen molar-refractivity contribution in [3.63, 3.8) is 0 Å². The van der Waals surface area contributed by atoms with Crippen LogP contribution in [0.4, 0.5) is 0 Å². The van der Waals surface area contributed by atoms with Crippen molar-refractivity contribution in [2.24, 2.45) is 0 Å². The van der Waals surface area contributed by atoms with Crippen molar-refractivity contribution in [3.8, 4) is 0 Å². The van der Waals surface area contributed by atoms with Crippen LogP contribution >= 0.6 is 0 Å². The molecule has 0 saturated carbocycles. The van der Waals surface area contributed by atoms with Crippen molar-refractivity contribution < 1.29 is 9.52 Å². The lowest BCUT2D eigenvalue weighted by atomic mass is 10.1. The van der Waals surface area contributed by atoms with Crippen molar-refractivity contribution in [3.05, 3.63) is 30.2 Å². The van der Waals surface area contributed by atoms with Crippen LogP contribution in [-0.4, -0.2) is 11.2 Å². The minimum absolute atomic E-state index is 0.250. The third kappa shape index (κ3) is 1.21. The number of furan rings is 1. The molecule has 2 rings (SSSR count). The first-order valence-corrected chi connectivity index (χ1v) is 3.77. The molecule has 1 aromatic heterocycles. The molecule has 0 saturated heterocycles. The molecule has 1 unspecified atom stereocenters. The second-order valence-corrected chi connectivity index (χ2v) is 2.81. The SMILES string of the molecule is OC1C=C(c2ccoc2)CC1. The van der Waals surface area contributed by atoms with Gasteiger partial charge in [-0.1, -0.05) is 6.08 Å². The molecule has 1 heterocycles. The molecule has 0 bridgehead atoms. The van der Waals surface area contributed by atoms with Gasteiger partial charge in [-0.05, 0) is 24.5 Å². The third-order valence-corrected chi connectivity index (χ3v) is 1.99. The molecule has 0 radical (unpaired) electrons. The van der Waals surface area contributed by atoms with E-state index >= 15 is 0 Å². The van der Waals surface area contributed by atoms with Gasteiger partial charge in [-0.3, -0.25) is 0 Å². The van der Waals surface area contributed by atoms with Gasteiger partial charge in [-0.25, -0.2) is 0 Å². The molecule has 1 aliphatic rings. The lowest BCUT2D eigenvalue weighted by molar-refractivity contribution is 0.223. The van der Waals surface area contributed by atoms with Crippen molar-refractivity contribution in [2.45, 2.75) is 18.9 Å². The Hall–Kier alpha value is -1.02. The van der Waals surface area contributed by atoms with Gasteiger partial charge in [0.25, 0.3) is 0 Å². The highest BCUT2D eigenvalue weighted by Gasteiger charge is 2.14. The van der Waals surface area contributed by atoms with E-state index in [0.717, 1.165) is 18.4 Å². The standard InChI is InChI=1S/C9H10O2/c10-9-2-1-7(5-9)8-3-4-11-6-8/h3-6,9-10H,1-2H2. The highest BCUT2D eigenvalue weighted by Crippen LogP contribution is 2.27. The fourth-order valence-corrected chi connectivity index (χ4v) is 1.39. The highest BCUT2D eigenvalue weighted by molar-refractivity contribution is 5.66. The molecule has 58 valence electrons. The lowest BCUT2D eigenvalue weighted by Crippen LogP contribution is -1.93. The minimum atomic E-state index is -0.250. The molecule has 1 aromatic rings. The van der Waals surface area contributed by atoms with E-state index in [0.29, 0.717) is 0 Å². The van der Waals surface area contributed by atoms with E-state index in [4.69, 9.17) is 4.42 Å². The number of aliphatic hydroxyl groups is 1. The normalized spacial score (nSPS) is 23.7. The smallest absolute Gasteiger partial charge is 0.0977 e. The molecule has 2 nitrogen and oxygen atoms in total. The lowest BCUT2D eigenvalue weighted by Gasteiger charge is -1.92. The van der Waals surface area contributed by atoms with Crippen LogP contribution in [0, 0.1) is 0 Å². The van der Waals surface area contributed by atoms with E-state index in [2.05, 4.69) is 0 Å². The summed E-state index contributed by atoms with van der Waals surface area (Å²) in [6.07, 6.45) is 6.82. The molecule has 0 amide bonds. The molecule has 0 fully saturated rings. The first-order chi connectivity index (χ1) is 5.36. The summed E-state index contributed by atoms with van der Waals surface area (Å²) in [5, 5.41) is 9.19. The van der Waals surface area contributed by atoms with Gasteiger partial charge in [0.05, 0.1) is 18.6 Å². The summed E-state index contributed by atoms with van der Waals surface area (Å²) in [5.74, 6) is 0. The van der Waals surface area contributed by atoms with E-state index in [9.17, 15) is 5.11 Å². The summed E-state index contributed by atoms with van der Waals surface area (Å²) < 4.78 is 4.94. The van der Waals surface area contributed by atoms with E-state index in [-0.39, 0.29) is 6.10 Å². The zero-order valence-corrected chi connectivity index (χ0v) is 6.16. The van der Waals surface area contributed by atoms with Gasteiger partial charge in [0, 0.05) is 5.56 Å². The largest absolute Gasteiger partial charge is 0.472 e. The van der Waals surface area contributed by atoms with Gasteiger partial charge in [0.1, 0.15) is 0 Å². The number of hydrogen-bond donors (Lipinski definition) is 1. The summed E-state index contributed by atoms with van der Waals surface area (Å²) in [7, 11) is 0. The molecule has 0 spiro atoms. The van der Waals surface area contributed by atoms with Gasteiger partial charge in [-0.2, -0.15) is 0 Å². The van der Waals surface area contributed by atoms with Gasteiger partial charge < -0.3 is 9.52 Å². The van der Waals surface area contributed by atoms with E-state index < -0.39 is 0 Å². The molecule has 1 N–H and O–H groups in total. The van der Waals surface area contributed by atoms with Gasteiger partial charge >= 0.3 is 0 Å². The maximum absolute atomic E-state index is 9.19. The molecule has 2 heteroatoms. The van der Waals surface area contributed by atoms with E-state index in [1.165, 1.54) is 5.57 Å². The minimum Gasteiger partial charge on any atom is -0.472 e. The summed E-state index contributed by atoms with van der Waals surface area (Å²) in [6.45, 7) is 0. The van der Waals surface area contributed by atoms with Crippen LogP contribution in [0.15, 0.2) is 29.1 Å². The average Bonchev–Trinajstić information content (AvgIpc) is 2.55. The van der Waals surface area contributed by atoms with Crippen LogP contribution in [0.25, 0.3) is 5.57 Å². The first-order valence-electron chi connectivity index (χ1n) is 3.77. The Morgan fingerprint density at radius 1 is 1.55 bits per heavy atom. The van der Waals surface area contributed by atoms with E-state index in [1.807, 2.05) is 12.1 Å². The average molecular weight is 150 g/mol. The summed E-state index contributed by atoms with van der Waals surface area (Å²) in [6, 6.07) is 1.92. The fraction of sp³-hybridized carbons (Fsp3) is 0.333. The van der Waals surface area contributed by atoms with Crippen molar-refractivity contribution in [1.29, 1.82) is 0 Å². The van der Waals surface area contributed by atoms with Crippen molar-refractivity contribution in [2.75, 3.05) is 0 Å². The highest BCUT2D eigenvalue weighted by atomic mass is 16.3. The van der Waals surface area contributed by atoms with Crippen LogP contribution in [0.2, 0.25) is 0 Å². The Kier molecular flexibility index (Phi) is 1.55. The second kappa shape index (κ2) is 2.55. The summed E-state index contributed by atoms with van der Waals surface area (Å²) in [4.78, 5) is 0.